The summed E-state index contributed by atoms with van der Waals surface area (Å²) < 4.78 is 30.9. The molecule has 0 saturated carbocycles. The number of hydrogen-bond donors (Lipinski definition) is 2. The minimum absolute atomic E-state index is 0.0148. The molecule has 0 aliphatic heterocycles. The Hall–Kier alpha value is -2.38. The fourth-order valence-corrected chi connectivity index (χ4v) is 3.30. The Labute approximate surface area is 127 Å². The number of nitrogens with one attached hydrogen (secondary N) is 1. The lowest BCUT2D eigenvalue weighted by molar-refractivity contribution is 0.0661. The molecule has 2 heterocycles. The number of sulfonamides is 1. The van der Waals surface area contributed by atoms with Gasteiger partial charge in [-0.1, -0.05) is 0 Å². The van der Waals surface area contributed by atoms with Crippen LogP contribution in [0.4, 0.5) is 5.82 Å². The third kappa shape index (κ3) is 3.21. The predicted octanol–water partition coefficient (Wildman–Crippen LogP) is 1.81. The first kappa shape index (κ1) is 15.0. The molecule has 0 radical (unpaired) electrons. The molecule has 0 fully saturated rings. The molecule has 108 valence electrons. The number of hydrogen-bond acceptors (Lipinski definition) is 6. The molecule has 8 nitrogen and oxygen atoms in total. The van der Waals surface area contributed by atoms with Gasteiger partial charge in [-0.3, -0.25) is 4.72 Å². The van der Waals surface area contributed by atoms with Crippen molar-refractivity contribution in [1.82, 2.24) is 4.98 Å². The first-order valence-corrected chi connectivity index (χ1v) is 7.52. The monoisotopic (exact) mass is 371 g/mol. The SMILES string of the molecule is N#Cc1ccc(NS(=O)(=O)c2cc(C(=O)O)oc2Br)nc1. The zero-order valence-electron chi connectivity index (χ0n) is 10.1. The minimum atomic E-state index is -4.08. The second-order valence-electron chi connectivity index (χ2n) is 3.70. The number of aromatic carboxylic acids is 1. The lowest BCUT2D eigenvalue weighted by atomic mass is 10.3. The molecule has 0 bridgehead atoms. The number of aromatic nitrogens is 1. The molecule has 2 N–H and O–H groups in total. The molecule has 0 aliphatic rings. The smallest absolute Gasteiger partial charge is 0.371 e. The average Bonchev–Trinajstić information content (AvgIpc) is 2.82. The van der Waals surface area contributed by atoms with Crippen molar-refractivity contribution in [2.45, 2.75) is 4.90 Å². The number of pyridine rings is 1. The van der Waals surface area contributed by atoms with Crippen LogP contribution in [0.2, 0.25) is 0 Å². The number of carboxylic acids is 1. The molecule has 0 spiro atoms. The van der Waals surface area contributed by atoms with Gasteiger partial charge in [0.05, 0.1) is 5.56 Å². The Balaban J connectivity index is 2.33. The summed E-state index contributed by atoms with van der Waals surface area (Å²) in [5, 5.41) is 17.4. The highest BCUT2D eigenvalue weighted by molar-refractivity contribution is 9.10. The summed E-state index contributed by atoms with van der Waals surface area (Å²) in [6.07, 6.45) is 1.20. The van der Waals surface area contributed by atoms with Crippen molar-refractivity contribution in [3.63, 3.8) is 0 Å². The predicted molar refractivity (Wildman–Crippen MR) is 73.1 cm³/mol. The Bertz CT molecular complexity index is 836. The molecule has 2 rings (SSSR count). The number of carboxylic acid groups (broad SMARTS) is 1. The minimum Gasteiger partial charge on any atom is -0.475 e. The molecule has 0 atom stereocenters. The van der Waals surface area contributed by atoms with Gasteiger partial charge in [0.1, 0.15) is 16.8 Å². The summed E-state index contributed by atoms with van der Waals surface area (Å²) in [7, 11) is -4.08. The van der Waals surface area contributed by atoms with Crippen molar-refractivity contribution in [1.29, 1.82) is 5.26 Å². The van der Waals surface area contributed by atoms with Gasteiger partial charge < -0.3 is 9.52 Å². The molecular formula is C11H6BrN3O5S. The summed E-state index contributed by atoms with van der Waals surface area (Å²) in [5.41, 5.74) is 0.274. The molecule has 2 aromatic heterocycles. The lowest BCUT2D eigenvalue weighted by Gasteiger charge is -2.05. The maximum Gasteiger partial charge on any atom is 0.371 e. The summed E-state index contributed by atoms with van der Waals surface area (Å²) >= 11 is 2.84. The standard InChI is InChI=1S/C11H6BrN3O5S/c12-10-8(3-7(20-10)11(16)17)21(18,19)15-9-2-1-6(4-13)5-14-9/h1-3,5H,(H,14,15)(H,16,17). The topological polar surface area (TPSA) is 133 Å². The number of halogens is 1. The van der Waals surface area contributed by atoms with E-state index in [4.69, 9.17) is 14.8 Å². The van der Waals surface area contributed by atoms with Crippen LogP contribution in [0.1, 0.15) is 16.1 Å². The molecule has 0 aliphatic carbocycles. The van der Waals surface area contributed by atoms with E-state index in [9.17, 15) is 13.2 Å². The summed E-state index contributed by atoms with van der Waals surface area (Å²) in [5.74, 6) is -1.93. The fraction of sp³-hybridized carbons (Fsp3) is 0. The largest absolute Gasteiger partial charge is 0.475 e. The van der Waals surface area contributed by atoms with Gasteiger partial charge in [0.25, 0.3) is 10.0 Å². The highest BCUT2D eigenvalue weighted by Gasteiger charge is 2.25. The van der Waals surface area contributed by atoms with E-state index in [1.54, 1.807) is 0 Å². The Morgan fingerprint density at radius 1 is 1.48 bits per heavy atom. The number of furan rings is 1. The van der Waals surface area contributed by atoms with E-state index < -0.39 is 21.8 Å². The van der Waals surface area contributed by atoms with Gasteiger partial charge in [-0.05, 0) is 28.1 Å². The second kappa shape index (κ2) is 5.55. The number of rotatable bonds is 4. The van der Waals surface area contributed by atoms with E-state index in [-0.39, 0.29) is 20.9 Å². The molecule has 2 aromatic rings. The molecule has 0 saturated heterocycles. The number of nitrogens with zero attached hydrogens (tertiary/aromatic N) is 2. The van der Waals surface area contributed by atoms with E-state index in [0.717, 1.165) is 6.07 Å². The highest BCUT2D eigenvalue weighted by atomic mass is 79.9. The van der Waals surface area contributed by atoms with Gasteiger partial charge in [-0.15, -0.1) is 0 Å². The van der Waals surface area contributed by atoms with Crippen LogP contribution in [0, 0.1) is 11.3 Å². The van der Waals surface area contributed by atoms with Gasteiger partial charge >= 0.3 is 5.97 Å². The Morgan fingerprint density at radius 2 is 2.19 bits per heavy atom. The number of nitriles is 1. The Morgan fingerprint density at radius 3 is 2.67 bits per heavy atom. The molecule has 21 heavy (non-hydrogen) atoms. The van der Waals surface area contributed by atoms with Crippen LogP contribution >= 0.6 is 15.9 Å². The number of anilines is 1. The first-order chi connectivity index (χ1) is 9.83. The maximum absolute atomic E-state index is 12.1. The number of carbonyl (C=O) groups is 1. The molecule has 0 amide bonds. The van der Waals surface area contributed by atoms with Crippen molar-refractivity contribution in [2.24, 2.45) is 0 Å². The van der Waals surface area contributed by atoms with Crippen LogP contribution in [0.3, 0.4) is 0 Å². The van der Waals surface area contributed by atoms with E-state index in [0.29, 0.717) is 0 Å². The van der Waals surface area contributed by atoms with Gasteiger partial charge in [-0.2, -0.15) is 5.26 Å². The highest BCUT2D eigenvalue weighted by Crippen LogP contribution is 2.27. The molecule has 10 heteroatoms. The van der Waals surface area contributed by atoms with Crippen LogP contribution in [0.5, 0.6) is 0 Å². The first-order valence-electron chi connectivity index (χ1n) is 5.25. The van der Waals surface area contributed by atoms with Crippen LogP contribution in [-0.4, -0.2) is 24.5 Å². The van der Waals surface area contributed by atoms with Crippen LogP contribution in [0.25, 0.3) is 0 Å². The van der Waals surface area contributed by atoms with Crippen molar-refractivity contribution < 1.29 is 22.7 Å². The van der Waals surface area contributed by atoms with Crippen LogP contribution in [0.15, 0.2) is 38.4 Å². The molecule has 0 aromatic carbocycles. The third-order valence-corrected chi connectivity index (χ3v) is 4.50. The lowest BCUT2D eigenvalue weighted by Crippen LogP contribution is -2.13. The van der Waals surface area contributed by atoms with E-state index >= 15 is 0 Å². The summed E-state index contributed by atoms with van der Waals surface area (Å²) in [6, 6.07) is 5.41. The van der Waals surface area contributed by atoms with Gasteiger partial charge in [0.15, 0.2) is 4.67 Å². The van der Waals surface area contributed by atoms with Crippen molar-refractivity contribution in [2.75, 3.05) is 4.72 Å². The van der Waals surface area contributed by atoms with Crippen molar-refractivity contribution in [3.05, 3.63) is 40.4 Å². The Kier molecular flexibility index (Phi) is 3.97. The molecule has 0 unspecified atom stereocenters. The van der Waals surface area contributed by atoms with Crippen LogP contribution in [-0.2, 0) is 10.0 Å². The normalized spacial score (nSPS) is 10.9. The van der Waals surface area contributed by atoms with Crippen molar-refractivity contribution >= 4 is 37.7 Å². The van der Waals surface area contributed by atoms with Crippen LogP contribution < -0.4 is 4.72 Å². The fourth-order valence-electron chi connectivity index (χ4n) is 1.35. The zero-order valence-corrected chi connectivity index (χ0v) is 12.5. The third-order valence-electron chi connectivity index (χ3n) is 2.29. The zero-order chi connectivity index (χ0) is 15.6. The average molecular weight is 372 g/mol. The summed E-state index contributed by atoms with van der Waals surface area (Å²) in [6.45, 7) is 0. The quantitative estimate of drug-likeness (QED) is 0.836. The maximum atomic E-state index is 12.1. The van der Waals surface area contributed by atoms with Crippen molar-refractivity contribution in [3.8, 4) is 6.07 Å². The summed E-state index contributed by atoms with van der Waals surface area (Å²) in [4.78, 5) is 14.1. The van der Waals surface area contributed by atoms with E-state index in [2.05, 4.69) is 25.6 Å². The molecular weight excluding hydrogens is 366 g/mol. The van der Waals surface area contributed by atoms with E-state index in [1.165, 1.54) is 18.3 Å². The van der Waals surface area contributed by atoms with Gasteiger partial charge in [0, 0.05) is 12.3 Å². The second-order valence-corrected chi connectivity index (χ2v) is 6.07. The van der Waals surface area contributed by atoms with Gasteiger partial charge in [-0.25, -0.2) is 18.2 Å². The van der Waals surface area contributed by atoms with E-state index in [1.807, 2.05) is 6.07 Å². The van der Waals surface area contributed by atoms with Gasteiger partial charge in [0.2, 0.25) is 5.76 Å².